The third kappa shape index (κ3) is 3.55. The molecule has 0 fully saturated rings. The SMILES string of the molecule is c1ccc2c(c1)B1c3cccc4c3B(c3ccccc3N4c3cccc4oc5ccccc5c34)c3cccc(c31)N2c1cccc2oc3ccccc3c12. The van der Waals surface area contributed by atoms with Crippen LogP contribution in [0.1, 0.15) is 0 Å². The number of para-hydroxylation sites is 4. The minimum atomic E-state index is 0.0628. The molecule has 13 rings (SSSR count). The van der Waals surface area contributed by atoms with Crippen LogP contribution >= 0.6 is 0 Å². The van der Waals surface area contributed by atoms with E-state index in [9.17, 15) is 0 Å². The first-order valence-corrected chi connectivity index (χ1v) is 18.7. The number of furan rings is 2. The second-order valence-electron chi connectivity index (χ2n) is 14.7. The molecule has 248 valence electrons. The Morgan fingerprint density at radius 2 is 0.648 bits per heavy atom. The summed E-state index contributed by atoms with van der Waals surface area (Å²) in [6.07, 6.45) is 0. The van der Waals surface area contributed by atoms with Crippen molar-refractivity contribution in [2.24, 2.45) is 0 Å². The summed E-state index contributed by atoms with van der Waals surface area (Å²) >= 11 is 0. The van der Waals surface area contributed by atoms with Crippen LogP contribution in [0.15, 0.2) is 179 Å². The Kier molecular flexibility index (Phi) is 5.50. The van der Waals surface area contributed by atoms with E-state index in [4.69, 9.17) is 8.83 Å². The van der Waals surface area contributed by atoms with Gasteiger partial charge in [-0.25, -0.2) is 0 Å². The summed E-state index contributed by atoms with van der Waals surface area (Å²) in [6.45, 7) is 0.126. The lowest BCUT2D eigenvalue weighted by Gasteiger charge is -2.46. The molecule has 3 aliphatic heterocycles. The van der Waals surface area contributed by atoms with Crippen molar-refractivity contribution in [3.63, 3.8) is 0 Å². The van der Waals surface area contributed by atoms with Gasteiger partial charge in [0.25, 0.3) is 0 Å². The highest BCUT2D eigenvalue weighted by molar-refractivity contribution is 7.13. The molecule has 0 bridgehead atoms. The quantitative estimate of drug-likeness (QED) is 0.171. The third-order valence-electron chi connectivity index (χ3n) is 12.1. The molecule has 0 spiro atoms. The number of benzene rings is 8. The van der Waals surface area contributed by atoms with Crippen molar-refractivity contribution in [3.05, 3.63) is 170 Å². The number of rotatable bonds is 2. The van der Waals surface area contributed by atoms with Crippen LogP contribution in [-0.4, -0.2) is 13.4 Å². The molecule has 10 aromatic rings. The van der Waals surface area contributed by atoms with E-state index in [-0.39, 0.29) is 13.4 Å². The maximum Gasteiger partial charge on any atom is 0.245 e. The Morgan fingerprint density at radius 3 is 1.15 bits per heavy atom. The summed E-state index contributed by atoms with van der Waals surface area (Å²) in [5.74, 6) is 0. The van der Waals surface area contributed by atoms with Crippen LogP contribution in [-0.2, 0) is 0 Å². The van der Waals surface area contributed by atoms with Crippen LogP contribution in [0.2, 0.25) is 0 Å². The molecule has 5 heterocycles. The molecule has 0 N–H and O–H groups in total. The summed E-state index contributed by atoms with van der Waals surface area (Å²) in [6, 6.07) is 61.7. The van der Waals surface area contributed by atoms with E-state index in [0.29, 0.717) is 0 Å². The molecule has 0 saturated heterocycles. The van der Waals surface area contributed by atoms with Gasteiger partial charge in [0.05, 0.1) is 22.1 Å². The molecule has 0 saturated carbocycles. The summed E-state index contributed by atoms with van der Waals surface area (Å²) < 4.78 is 12.9. The standard InChI is InChI=1S/C48H28B2N2O2/c1-7-25-41-29(13-1)45-37(21-11-27-43(45)53-41)51-35-19-5-3-15-31(35)49-34-18-10-24-40-48(34)50(33-17-9-23-39(51)47(33)49)32-16-4-6-20-36(32)52(40)38-22-12-28-44-46(38)30-14-2-8-26-42(30)54-44/h1-28H. The highest BCUT2D eigenvalue weighted by atomic mass is 16.3. The van der Waals surface area contributed by atoms with Crippen molar-refractivity contribution in [2.45, 2.75) is 0 Å². The number of hydrogen-bond acceptors (Lipinski definition) is 4. The predicted octanol–water partition coefficient (Wildman–Crippen LogP) is 8.40. The van der Waals surface area contributed by atoms with Gasteiger partial charge in [-0.05, 0) is 82.5 Å². The smallest absolute Gasteiger partial charge is 0.245 e. The maximum absolute atomic E-state index is 6.43. The Balaban J connectivity index is 1.11. The van der Waals surface area contributed by atoms with Gasteiger partial charge in [0, 0.05) is 33.5 Å². The van der Waals surface area contributed by atoms with Gasteiger partial charge < -0.3 is 18.6 Å². The zero-order valence-corrected chi connectivity index (χ0v) is 29.0. The first-order chi connectivity index (χ1) is 26.8. The van der Waals surface area contributed by atoms with E-state index in [2.05, 4.69) is 168 Å². The lowest BCUT2D eigenvalue weighted by atomic mass is 9.19. The fourth-order valence-corrected chi connectivity index (χ4v) is 10.2. The Hall–Kier alpha value is -6.91. The van der Waals surface area contributed by atoms with Gasteiger partial charge in [-0.1, -0.05) is 120 Å². The molecule has 0 aliphatic carbocycles. The molecular formula is C48H28B2N2O2. The second kappa shape index (κ2) is 10.4. The monoisotopic (exact) mass is 686 g/mol. The minimum absolute atomic E-state index is 0.0628. The van der Waals surface area contributed by atoms with E-state index in [1.165, 1.54) is 55.5 Å². The number of anilines is 6. The molecule has 0 amide bonds. The van der Waals surface area contributed by atoms with Crippen LogP contribution in [0.4, 0.5) is 34.1 Å². The van der Waals surface area contributed by atoms with E-state index >= 15 is 0 Å². The van der Waals surface area contributed by atoms with E-state index in [1.54, 1.807) is 0 Å². The topological polar surface area (TPSA) is 32.8 Å². The van der Waals surface area contributed by atoms with Gasteiger partial charge in [0.15, 0.2) is 0 Å². The normalized spacial score (nSPS) is 13.8. The molecule has 2 aromatic heterocycles. The zero-order chi connectivity index (χ0) is 35.1. The van der Waals surface area contributed by atoms with Crippen molar-refractivity contribution >= 4 is 124 Å². The Labute approximate surface area is 311 Å². The summed E-state index contributed by atoms with van der Waals surface area (Å²) in [4.78, 5) is 4.99. The minimum Gasteiger partial charge on any atom is -0.456 e. The predicted molar refractivity (Wildman–Crippen MR) is 226 cm³/mol. The first kappa shape index (κ1) is 28.6. The molecule has 3 aliphatic rings. The highest BCUT2D eigenvalue weighted by Gasteiger charge is 2.48. The van der Waals surface area contributed by atoms with Crippen molar-refractivity contribution in [1.82, 2.24) is 0 Å². The summed E-state index contributed by atoms with van der Waals surface area (Å²) in [7, 11) is 0. The van der Waals surface area contributed by atoms with E-state index < -0.39 is 0 Å². The van der Waals surface area contributed by atoms with E-state index in [0.717, 1.165) is 55.3 Å². The van der Waals surface area contributed by atoms with Gasteiger partial charge in [-0.3, -0.25) is 0 Å². The van der Waals surface area contributed by atoms with Gasteiger partial charge in [-0.15, -0.1) is 0 Å². The Bertz CT molecular complexity index is 3020. The average molecular weight is 686 g/mol. The fraction of sp³-hybridized carbons (Fsp3) is 0. The molecule has 0 radical (unpaired) electrons. The van der Waals surface area contributed by atoms with Crippen molar-refractivity contribution in [3.8, 4) is 0 Å². The third-order valence-corrected chi connectivity index (χ3v) is 12.1. The molecule has 0 unspecified atom stereocenters. The molecule has 54 heavy (non-hydrogen) atoms. The zero-order valence-electron chi connectivity index (χ0n) is 29.0. The lowest BCUT2D eigenvalue weighted by Crippen LogP contribution is -2.78. The van der Waals surface area contributed by atoms with Gasteiger partial charge >= 0.3 is 0 Å². The number of hydrogen-bond donors (Lipinski definition) is 0. The van der Waals surface area contributed by atoms with Crippen LogP contribution in [0, 0.1) is 0 Å². The fourth-order valence-electron chi connectivity index (χ4n) is 10.2. The number of fused-ring (bicyclic) bond motifs is 12. The molecule has 6 heteroatoms. The highest BCUT2D eigenvalue weighted by Crippen LogP contribution is 2.46. The molecule has 8 aromatic carbocycles. The second-order valence-corrected chi connectivity index (χ2v) is 14.7. The Morgan fingerprint density at radius 1 is 0.296 bits per heavy atom. The van der Waals surface area contributed by atoms with Gasteiger partial charge in [0.2, 0.25) is 13.4 Å². The lowest BCUT2D eigenvalue weighted by molar-refractivity contribution is 0.668. The summed E-state index contributed by atoms with van der Waals surface area (Å²) in [5.41, 5.74) is 18.8. The van der Waals surface area contributed by atoms with Crippen molar-refractivity contribution in [2.75, 3.05) is 9.80 Å². The van der Waals surface area contributed by atoms with Gasteiger partial charge in [-0.2, -0.15) is 0 Å². The van der Waals surface area contributed by atoms with Crippen LogP contribution in [0.25, 0.3) is 43.9 Å². The van der Waals surface area contributed by atoms with Crippen molar-refractivity contribution < 1.29 is 8.83 Å². The van der Waals surface area contributed by atoms with Crippen molar-refractivity contribution in [1.29, 1.82) is 0 Å². The maximum atomic E-state index is 6.43. The molecule has 4 nitrogen and oxygen atoms in total. The largest absolute Gasteiger partial charge is 0.456 e. The summed E-state index contributed by atoms with van der Waals surface area (Å²) in [5, 5.41) is 4.53. The van der Waals surface area contributed by atoms with Crippen LogP contribution in [0.3, 0.4) is 0 Å². The van der Waals surface area contributed by atoms with Crippen LogP contribution in [0.5, 0.6) is 0 Å². The molecule has 0 atom stereocenters. The molecular weight excluding hydrogens is 658 g/mol. The average Bonchev–Trinajstić information content (AvgIpc) is 3.81. The van der Waals surface area contributed by atoms with Crippen LogP contribution < -0.4 is 42.6 Å². The van der Waals surface area contributed by atoms with Gasteiger partial charge in [0.1, 0.15) is 22.3 Å². The number of nitrogens with zero attached hydrogens (tertiary/aromatic N) is 2. The first-order valence-electron chi connectivity index (χ1n) is 18.7. The van der Waals surface area contributed by atoms with E-state index in [1.807, 2.05) is 12.1 Å².